The van der Waals surface area contributed by atoms with E-state index in [1.807, 2.05) is 24.3 Å². The van der Waals surface area contributed by atoms with E-state index in [0.717, 1.165) is 12.0 Å². The van der Waals surface area contributed by atoms with Gasteiger partial charge in [-0.15, -0.1) is 0 Å². The van der Waals surface area contributed by atoms with Crippen molar-refractivity contribution in [3.05, 3.63) is 53.8 Å². The molecule has 9 nitrogen and oxygen atoms in total. The van der Waals surface area contributed by atoms with E-state index in [1.54, 1.807) is 17.0 Å². The summed E-state index contributed by atoms with van der Waals surface area (Å²) in [6.07, 6.45) is -0.236. The molecule has 2 aromatic rings. The van der Waals surface area contributed by atoms with E-state index in [4.69, 9.17) is 4.74 Å². The molecule has 2 atom stereocenters. The van der Waals surface area contributed by atoms with Gasteiger partial charge in [-0.05, 0) is 29.3 Å². The largest absolute Gasteiger partial charge is 0.442 e. The molecular weight excluding hydrogens is 455 g/mol. The Morgan fingerprint density at radius 1 is 1.20 bits per heavy atom. The first-order valence-corrected chi connectivity index (χ1v) is 11.6. The van der Waals surface area contributed by atoms with Gasteiger partial charge in [-0.2, -0.15) is 0 Å². The van der Waals surface area contributed by atoms with Crippen molar-refractivity contribution in [2.24, 2.45) is 0 Å². The molecule has 3 amide bonds. The van der Waals surface area contributed by atoms with Crippen LogP contribution in [-0.2, 0) is 14.3 Å². The fourth-order valence-corrected chi connectivity index (χ4v) is 4.47. The smallest absolute Gasteiger partial charge is 0.414 e. The number of aliphatic hydroxyl groups excluding tert-OH is 1. The van der Waals surface area contributed by atoms with Gasteiger partial charge in [0.05, 0.1) is 31.4 Å². The van der Waals surface area contributed by atoms with Crippen LogP contribution in [0.2, 0.25) is 0 Å². The van der Waals surface area contributed by atoms with Crippen LogP contribution in [0.3, 0.4) is 0 Å². The number of carbonyl (C=O) groups is 3. The number of amides is 3. The van der Waals surface area contributed by atoms with Gasteiger partial charge >= 0.3 is 6.09 Å². The Balaban J connectivity index is 1.45. The zero-order chi connectivity index (χ0) is 24.9. The summed E-state index contributed by atoms with van der Waals surface area (Å²) in [4.78, 5) is 39.4. The Morgan fingerprint density at radius 3 is 2.51 bits per heavy atom. The molecule has 2 aliphatic rings. The number of hydrogen-bond donors (Lipinski definition) is 2. The quantitative estimate of drug-likeness (QED) is 0.554. The van der Waals surface area contributed by atoms with Gasteiger partial charge in [-0.1, -0.05) is 24.3 Å². The lowest BCUT2D eigenvalue weighted by atomic mass is 9.99. The Morgan fingerprint density at radius 2 is 1.91 bits per heavy atom. The van der Waals surface area contributed by atoms with Crippen LogP contribution in [0.5, 0.6) is 0 Å². The molecule has 35 heavy (non-hydrogen) atoms. The molecule has 0 aromatic heterocycles. The fraction of sp³-hybridized carbons (Fsp3) is 0.400. The van der Waals surface area contributed by atoms with Crippen molar-refractivity contribution in [2.75, 3.05) is 50.8 Å². The number of nitrogens with one attached hydrogen (secondary N) is 1. The minimum Gasteiger partial charge on any atom is -0.442 e. The number of piperazine rings is 1. The normalized spacial score (nSPS) is 19.4. The number of rotatable bonds is 8. The SMILES string of the molecule is CC(=O)NC[C@H]1CN(c2ccc(-c3ccc([C@H](CO)N4CCN(C=O)CC4)cc3)c(F)c2)C(=O)O1. The number of hydrogen-bond acceptors (Lipinski definition) is 6. The molecule has 0 bridgehead atoms. The molecule has 0 aliphatic carbocycles. The highest BCUT2D eigenvalue weighted by molar-refractivity contribution is 5.90. The average Bonchev–Trinajstić information content (AvgIpc) is 3.24. The molecule has 2 heterocycles. The Kier molecular flexibility index (Phi) is 7.62. The van der Waals surface area contributed by atoms with Crippen LogP contribution in [0.15, 0.2) is 42.5 Å². The van der Waals surface area contributed by atoms with E-state index in [-0.39, 0.29) is 31.6 Å². The molecule has 0 radical (unpaired) electrons. The third kappa shape index (κ3) is 5.60. The van der Waals surface area contributed by atoms with Crippen LogP contribution in [0.25, 0.3) is 11.1 Å². The minimum atomic E-state index is -0.583. The Labute approximate surface area is 203 Å². The van der Waals surface area contributed by atoms with Crippen molar-refractivity contribution in [3.8, 4) is 11.1 Å². The van der Waals surface area contributed by atoms with Crippen molar-refractivity contribution in [2.45, 2.75) is 19.1 Å². The topological polar surface area (TPSA) is 102 Å². The standard InChI is InChI=1S/C25H29FN4O5/c1-17(33)27-13-21-14-30(25(34)35-21)20-6-7-22(23(26)12-20)18-2-4-19(5-3-18)24(15-31)29-10-8-28(16-32)9-11-29/h2-7,12,16,21,24,31H,8-11,13-15H2,1H3,(H,27,33)/t21-,24-/m0/s1. The first-order valence-electron chi connectivity index (χ1n) is 11.6. The number of anilines is 1. The third-order valence-corrected chi connectivity index (χ3v) is 6.44. The Hall–Kier alpha value is -3.50. The maximum Gasteiger partial charge on any atom is 0.414 e. The molecule has 0 unspecified atom stereocenters. The van der Waals surface area contributed by atoms with E-state index >= 15 is 4.39 Å². The summed E-state index contributed by atoms with van der Waals surface area (Å²) in [5.41, 5.74) is 2.36. The summed E-state index contributed by atoms with van der Waals surface area (Å²) in [5, 5.41) is 12.6. The highest BCUT2D eigenvalue weighted by atomic mass is 19.1. The molecule has 2 saturated heterocycles. The summed E-state index contributed by atoms with van der Waals surface area (Å²) in [5.74, 6) is -0.691. The fourth-order valence-electron chi connectivity index (χ4n) is 4.47. The van der Waals surface area contributed by atoms with Gasteiger partial charge in [0.15, 0.2) is 0 Å². The molecule has 0 spiro atoms. The number of carbonyl (C=O) groups excluding carboxylic acids is 3. The number of aliphatic hydroxyl groups is 1. The minimum absolute atomic E-state index is 0.0572. The van der Waals surface area contributed by atoms with Gasteiger partial charge in [-0.3, -0.25) is 19.4 Å². The van der Waals surface area contributed by atoms with Crippen molar-refractivity contribution < 1.29 is 28.6 Å². The second-order valence-electron chi connectivity index (χ2n) is 8.72. The van der Waals surface area contributed by atoms with Crippen molar-refractivity contribution >= 4 is 24.1 Å². The summed E-state index contributed by atoms with van der Waals surface area (Å²) in [6, 6.07) is 11.8. The van der Waals surface area contributed by atoms with Gasteiger partial charge < -0.3 is 20.1 Å². The van der Waals surface area contributed by atoms with Crippen LogP contribution in [0, 0.1) is 5.82 Å². The average molecular weight is 485 g/mol. The molecule has 4 rings (SSSR count). The number of ether oxygens (including phenoxy) is 1. The molecule has 0 saturated carbocycles. The summed E-state index contributed by atoms with van der Waals surface area (Å²) < 4.78 is 20.3. The zero-order valence-corrected chi connectivity index (χ0v) is 19.5. The van der Waals surface area contributed by atoms with Crippen molar-refractivity contribution in [1.29, 1.82) is 0 Å². The Bertz CT molecular complexity index is 1070. The van der Waals surface area contributed by atoms with Crippen molar-refractivity contribution in [3.63, 3.8) is 0 Å². The van der Waals surface area contributed by atoms with E-state index in [9.17, 15) is 19.5 Å². The van der Waals surface area contributed by atoms with Gasteiger partial charge in [-0.25, -0.2) is 9.18 Å². The van der Waals surface area contributed by atoms with Crippen LogP contribution in [0.1, 0.15) is 18.5 Å². The lowest BCUT2D eigenvalue weighted by molar-refractivity contribution is -0.120. The second kappa shape index (κ2) is 10.8. The van der Waals surface area contributed by atoms with Crippen LogP contribution in [-0.4, -0.2) is 85.3 Å². The number of halogens is 1. The van der Waals surface area contributed by atoms with E-state index < -0.39 is 18.0 Å². The first kappa shape index (κ1) is 24.6. The van der Waals surface area contributed by atoms with Crippen LogP contribution < -0.4 is 10.2 Å². The number of cyclic esters (lactones) is 1. The molecule has 2 fully saturated rings. The lowest BCUT2D eigenvalue weighted by Crippen LogP contribution is -2.47. The molecule has 10 heteroatoms. The summed E-state index contributed by atoms with van der Waals surface area (Å²) in [6.45, 7) is 4.33. The third-order valence-electron chi connectivity index (χ3n) is 6.44. The lowest BCUT2D eigenvalue weighted by Gasteiger charge is -2.37. The maximum absolute atomic E-state index is 15.0. The highest BCUT2D eigenvalue weighted by Crippen LogP contribution is 2.31. The summed E-state index contributed by atoms with van der Waals surface area (Å²) >= 11 is 0. The maximum atomic E-state index is 15.0. The molecule has 2 N–H and O–H groups in total. The van der Waals surface area contributed by atoms with Crippen molar-refractivity contribution in [1.82, 2.24) is 15.1 Å². The number of nitrogens with zero attached hydrogens (tertiary/aromatic N) is 3. The monoisotopic (exact) mass is 484 g/mol. The second-order valence-corrected chi connectivity index (χ2v) is 8.72. The predicted octanol–water partition coefficient (Wildman–Crippen LogP) is 1.76. The van der Waals surface area contributed by atoms with E-state index in [2.05, 4.69) is 10.2 Å². The predicted molar refractivity (Wildman–Crippen MR) is 127 cm³/mol. The van der Waals surface area contributed by atoms with E-state index in [1.165, 1.54) is 17.9 Å². The van der Waals surface area contributed by atoms with Crippen LogP contribution >= 0.6 is 0 Å². The summed E-state index contributed by atoms with van der Waals surface area (Å²) in [7, 11) is 0. The van der Waals surface area contributed by atoms with Gasteiger partial charge in [0.25, 0.3) is 0 Å². The van der Waals surface area contributed by atoms with Crippen LogP contribution in [0.4, 0.5) is 14.9 Å². The molecule has 2 aromatic carbocycles. The van der Waals surface area contributed by atoms with Gasteiger partial charge in [0, 0.05) is 38.7 Å². The van der Waals surface area contributed by atoms with E-state index in [0.29, 0.717) is 43.0 Å². The van der Waals surface area contributed by atoms with Gasteiger partial charge in [0.1, 0.15) is 11.9 Å². The molecule has 2 aliphatic heterocycles. The first-order chi connectivity index (χ1) is 16.9. The highest BCUT2D eigenvalue weighted by Gasteiger charge is 2.32. The van der Waals surface area contributed by atoms with Gasteiger partial charge in [0.2, 0.25) is 12.3 Å². The molecular formula is C25H29FN4O5. The zero-order valence-electron chi connectivity index (χ0n) is 19.5. The number of benzene rings is 2. The molecule has 186 valence electrons.